The average Bonchev–Trinajstić information content (AvgIpc) is 3.25. The topological polar surface area (TPSA) is 91.2 Å². The number of aliphatic carboxylic acids is 1. The number of carboxylic acids is 1. The molecule has 0 saturated heterocycles. The molecule has 1 aliphatic carbocycles. The highest BCUT2D eigenvalue weighted by atomic mass is 35.5. The van der Waals surface area contributed by atoms with Gasteiger partial charge in [0.25, 0.3) is 0 Å². The number of hydrogen-bond acceptors (Lipinski definition) is 5. The van der Waals surface area contributed by atoms with Crippen LogP contribution in [0, 0.1) is 0 Å². The van der Waals surface area contributed by atoms with Crippen LogP contribution in [-0.2, 0) is 16.0 Å². The lowest BCUT2D eigenvalue weighted by molar-refractivity contribution is -0.132. The summed E-state index contributed by atoms with van der Waals surface area (Å²) in [5, 5.41) is 13.3. The van der Waals surface area contributed by atoms with Crippen LogP contribution in [0.5, 0.6) is 5.75 Å². The van der Waals surface area contributed by atoms with E-state index in [0.29, 0.717) is 49.3 Å². The van der Waals surface area contributed by atoms with E-state index in [-0.39, 0.29) is 11.9 Å². The number of unbranched alkanes of at least 4 members (excludes halogenated alkanes) is 1. The molecular formula is C35H44ClN3O4. The van der Waals surface area contributed by atoms with Gasteiger partial charge in [-0.05, 0) is 79.7 Å². The van der Waals surface area contributed by atoms with E-state index >= 15 is 0 Å². The number of benzene rings is 1. The molecule has 1 aromatic rings. The number of carbonyl (C=O) groups is 2. The second kappa shape index (κ2) is 17.3. The monoisotopic (exact) mass is 605 g/mol. The predicted octanol–water partition coefficient (Wildman–Crippen LogP) is 7.62. The Labute approximate surface area is 261 Å². The van der Waals surface area contributed by atoms with Gasteiger partial charge in [0.05, 0.1) is 12.6 Å². The van der Waals surface area contributed by atoms with Gasteiger partial charge in [0, 0.05) is 36.2 Å². The van der Waals surface area contributed by atoms with Gasteiger partial charge in [-0.25, -0.2) is 4.79 Å². The van der Waals surface area contributed by atoms with Crippen molar-refractivity contribution in [2.24, 2.45) is 4.99 Å². The number of carboxylic acid groups (broad SMARTS) is 1. The fourth-order valence-corrected chi connectivity index (χ4v) is 5.13. The highest BCUT2D eigenvalue weighted by Gasteiger charge is 2.26. The molecule has 1 atom stereocenters. The van der Waals surface area contributed by atoms with Crippen LogP contribution in [0.15, 0.2) is 99.4 Å². The first kappa shape index (κ1) is 33.7. The normalized spacial score (nSPS) is 16.4. The summed E-state index contributed by atoms with van der Waals surface area (Å²) in [7, 11) is 0. The predicted molar refractivity (Wildman–Crippen MR) is 175 cm³/mol. The Balaban J connectivity index is 1.81. The van der Waals surface area contributed by atoms with Crippen molar-refractivity contribution in [1.29, 1.82) is 0 Å². The molecule has 1 aromatic carbocycles. The molecule has 2 N–H and O–H groups in total. The lowest BCUT2D eigenvalue weighted by Crippen LogP contribution is -2.49. The largest absolute Gasteiger partial charge is 0.478 e. The zero-order valence-corrected chi connectivity index (χ0v) is 26.5. The minimum atomic E-state index is -0.936. The minimum absolute atomic E-state index is 0.0237. The van der Waals surface area contributed by atoms with Crippen molar-refractivity contribution in [1.82, 2.24) is 10.2 Å². The van der Waals surface area contributed by atoms with Gasteiger partial charge >= 0.3 is 5.97 Å². The smallest absolute Gasteiger partial charge is 0.331 e. The average molecular weight is 606 g/mol. The number of hydrogen-bond donors (Lipinski definition) is 2. The highest BCUT2D eigenvalue weighted by molar-refractivity contribution is 6.29. The Hall–Kier alpha value is -3.84. The van der Waals surface area contributed by atoms with Gasteiger partial charge < -0.3 is 20.1 Å². The van der Waals surface area contributed by atoms with Gasteiger partial charge in [-0.15, -0.1) is 0 Å². The Morgan fingerprint density at radius 3 is 2.58 bits per heavy atom. The summed E-state index contributed by atoms with van der Waals surface area (Å²) in [5.41, 5.74) is 3.65. The molecule has 230 valence electrons. The lowest BCUT2D eigenvalue weighted by atomic mass is 9.99. The van der Waals surface area contributed by atoms with E-state index in [2.05, 4.69) is 36.3 Å². The van der Waals surface area contributed by atoms with Gasteiger partial charge in [0.1, 0.15) is 17.3 Å². The molecule has 0 bridgehead atoms. The number of carbonyl (C=O) groups excluding carboxylic acids is 1. The molecule has 0 fully saturated rings. The van der Waals surface area contributed by atoms with Gasteiger partial charge in [0.15, 0.2) is 0 Å². The van der Waals surface area contributed by atoms with Crippen LogP contribution in [0.2, 0.25) is 0 Å². The van der Waals surface area contributed by atoms with Crippen LogP contribution in [0.4, 0.5) is 0 Å². The molecule has 0 saturated carbocycles. The summed E-state index contributed by atoms with van der Waals surface area (Å²) < 4.78 is 5.98. The fraction of sp³-hybridized carbons (Fsp3) is 0.400. The number of allylic oxidation sites excluding steroid dienone is 7. The summed E-state index contributed by atoms with van der Waals surface area (Å²) in [6.07, 6.45) is 18.0. The van der Waals surface area contributed by atoms with E-state index in [4.69, 9.17) is 21.3 Å². The molecule has 8 heteroatoms. The molecule has 0 spiro atoms. The molecule has 3 rings (SSSR count). The maximum absolute atomic E-state index is 12.6. The second-order valence-corrected chi connectivity index (χ2v) is 11.0. The van der Waals surface area contributed by atoms with Crippen molar-refractivity contribution in [3.05, 3.63) is 100.0 Å². The summed E-state index contributed by atoms with van der Waals surface area (Å²) in [4.78, 5) is 31.2. The first-order valence-corrected chi connectivity index (χ1v) is 15.5. The molecule has 0 aromatic heterocycles. The number of halogens is 1. The Kier molecular flexibility index (Phi) is 13.6. The third-order valence-corrected chi connectivity index (χ3v) is 7.51. The quantitative estimate of drug-likeness (QED) is 0.214. The van der Waals surface area contributed by atoms with E-state index < -0.39 is 5.97 Å². The number of nitrogens with one attached hydrogen (secondary N) is 1. The first-order valence-electron chi connectivity index (χ1n) is 15.2. The van der Waals surface area contributed by atoms with Crippen molar-refractivity contribution in [2.45, 2.75) is 78.7 Å². The van der Waals surface area contributed by atoms with E-state index in [0.717, 1.165) is 53.4 Å². The summed E-state index contributed by atoms with van der Waals surface area (Å²) in [6.45, 7) is 9.46. The van der Waals surface area contributed by atoms with E-state index in [9.17, 15) is 14.7 Å². The van der Waals surface area contributed by atoms with Crippen LogP contribution in [0.1, 0.15) is 71.8 Å². The number of ether oxygens (including phenoxy) is 1. The standard InChI is InChI=1S/C35H44ClN3O4/c1-5-9-20-39-24-28(26(7-3)22-29(36)11-6-2)23-37-34(39)32(38-33(40)8-4)21-25-14-17-31(18-15-25)43-30-13-10-12-27(16-19-30)35(41)42/h7,10-11,13-19,24,32H,5-6,8-9,12,20-23H2,1-4H3,(H,38,40)(H,41,42)/b26-7+,29-11+. The van der Waals surface area contributed by atoms with Crippen LogP contribution in [0.3, 0.4) is 0 Å². The number of amides is 1. The van der Waals surface area contributed by atoms with Crippen molar-refractivity contribution < 1.29 is 19.4 Å². The minimum Gasteiger partial charge on any atom is -0.478 e. The van der Waals surface area contributed by atoms with Gasteiger partial charge in [-0.1, -0.05) is 69.2 Å². The van der Waals surface area contributed by atoms with Gasteiger partial charge in [0.2, 0.25) is 5.91 Å². The van der Waals surface area contributed by atoms with Crippen LogP contribution >= 0.6 is 11.6 Å². The van der Waals surface area contributed by atoms with Gasteiger partial charge in [-0.3, -0.25) is 9.79 Å². The number of nitrogens with zero attached hydrogens (tertiary/aromatic N) is 2. The molecule has 1 unspecified atom stereocenters. The van der Waals surface area contributed by atoms with Crippen LogP contribution < -0.4 is 10.1 Å². The fourth-order valence-electron chi connectivity index (χ4n) is 4.83. The van der Waals surface area contributed by atoms with Crippen LogP contribution in [-0.4, -0.2) is 46.8 Å². The van der Waals surface area contributed by atoms with Crippen molar-refractivity contribution in [3.8, 4) is 5.75 Å². The van der Waals surface area contributed by atoms with E-state index in [1.807, 2.05) is 44.2 Å². The number of rotatable bonds is 15. The molecule has 1 heterocycles. The van der Waals surface area contributed by atoms with Crippen molar-refractivity contribution in [2.75, 3.05) is 13.1 Å². The summed E-state index contributed by atoms with van der Waals surface area (Å²) >= 11 is 6.48. The first-order chi connectivity index (χ1) is 20.8. The Morgan fingerprint density at radius 2 is 1.93 bits per heavy atom. The lowest BCUT2D eigenvalue weighted by Gasteiger charge is -2.33. The zero-order valence-electron chi connectivity index (χ0n) is 25.7. The number of amidine groups is 1. The Bertz CT molecular complexity index is 1350. The second-order valence-electron chi connectivity index (χ2n) is 10.5. The molecular weight excluding hydrogens is 562 g/mol. The highest BCUT2D eigenvalue weighted by Crippen LogP contribution is 2.26. The SMILES string of the molecule is C/C=C(\C/C(Cl)=C\CC)C1=CN(CCCC)C(C(Cc2ccc(OC3=CC=C(C(=O)O)CC=C3)cc2)NC(=O)CC)=NC1. The Morgan fingerprint density at radius 1 is 1.16 bits per heavy atom. The van der Waals surface area contributed by atoms with E-state index in [1.165, 1.54) is 0 Å². The van der Waals surface area contributed by atoms with Gasteiger partial charge in [-0.2, -0.15) is 0 Å². The molecule has 0 radical (unpaired) electrons. The summed E-state index contributed by atoms with van der Waals surface area (Å²) in [6, 6.07) is 7.45. The zero-order chi connectivity index (χ0) is 31.2. The molecule has 43 heavy (non-hydrogen) atoms. The number of aliphatic imine (C=N–C) groups is 1. The van der Waals surface area contributed by atoms with Crippen molar-refractivity contribution in [3.63, 3.8) is 0 Å². The molecule has 1 amide bonds. The van der Waals surface area contributed by atoms with Crippen LogP contribution in [0.25, 0.3) is 0 Å². The third-order valence-electron chi connectivity index (χ3n) is 7.23. The molecule has 2 aliphatic rings. The van der Waals surface area contributed by atoms with Crippen molar-refractivity contribution >= 4 is 29.3 Å². The summed E-state index contributed by atoms with van der Waals surface area (Å²) in [5.74, 6) is 1.11. The maximum atomic E-state index is 12.6. The third kappa shape index (κ3) is 10.4. The van der Waals surface area contributed by atoms with E-state index in [1.54, 1.807) is 24.3 Å². The molecule has 7 nitrogen and oxygen atoms in total. The molecule has 1 aliphatic heterocycles. The maximum Gasteiger partial charge on any atom is 0.331 e.